The lowest BCUT2D eigenvalue weighted by Gasteiger charge is -2.15. The quantitative estimate of drug-likeness (QED) is 0.143. The standard InChI is InChI=1S/C65H40O3/c66-65-63(53-19-11-4-12-20-53)61(54-35-43-59(44-36-54)67-57-39-29-51(30-40-57)25-22-48-15-7-2-8-16-48)62(64(65)56-33-27-50(28-34-56)24-21-47-13-5-1-6-14-47)55-37-45-60(46-38-55)68-58-41-31-52(32-42-58)26-23-49-17-9-3-10-18-49/h1-20,27-46H. The second-order valence-electron chi connectivity index (χ2n) is 15.9. The van der Waals surface area contributed by atoms with E-state index >= 15 is 4.79 Å². The number of ketones is 1. The Morgan fingerprint density at radius 1 is 0.221 bits per heavy atom. The molecule has 0 saturated carbocycles. The van der Waals surface area contributed by atoms with Crippen LogP contribution in [0.3, 0.4) is 0 Å². The van der Waals surface area contributed by atoms with Crippen molar-refractivity contribution >= 4 is 28.1 Å². The normalized spacial score (nSPS) is 11.7. The molecule has 0 atom stereocenters. The summed E-state index contributed by atoms with van der Waals surface area (Å²) in [7, 11) is 0. The predicted octanol–water partition coefficient (Wildman–Crippen LogP) is 14.6. The minimum Gasteiger partial charge on any atom is -0.457 e. The van der Waals surface area contributed by atoms with E-state index < -0.39 is 0 Å². The first-order valence-electron chi connectivity index (χ1n) is 22.3. The molecule has 9 aromatic carbocycles. The van der Waals surface area contributed by atoms with Crippen LogP contribution in [-0.4, -0.2) is 5.78 Å². The zero-order valence-corrected chi connectivity index (χ0v) is 36.8. The van der Waals surface area contributed by atoms with Crippen LogP contribution in [0.1, 0.15) is 55.6 Å². The predicted molar refractivity (Wildman–Crippen MR) is 275 cm³/mol. The van der Waals surface area contributed by atoms with Gasteiger partial charge in [0.2, 0.25) is 0 Å². The first-order chi connectivity index (χ1) is 33.6. The highest BCUT2D eigenvalue weighted by Gasteiger charge is 2.35. The first kappa shape index (κ1) is 42.4. The van der Waals surface area contributed by atoms with Crippen LogP contribution in [0, 0.1) is 35.5 Å². The fraction of sp³-hybridized carbons (Fsp3) is 0. The molecule has 9 aromatic rings. The molecule has 1 aliphatic rings. The highest BCUT2D eigenvalue weighted by molar-refractivity contribution is 6.59. The number of carbonyl (C=O) groups is 1. The van der Waals surface area contributed by atoms with E-state index in [1.165, 1.54) is 0 Å². The van der Waals surface area contributed by atoms with Gasteiger partial charge in [-0.25, -0.2) is 0 Å². The molecule has 10 rings (SSSR count). The molecule has 0 aromatic heterocycles. The Morgan fingerprint density at radius 2 is 0.441 bits per heavy atom. The van der Waals surface area contributed by atoms with Crippen LogP contribution in [0.25, 0.3) is 22.3 Å². The van der Waals surface area contributed by atoms with Gasteiger partial charge in [-0.3, -0.25) is 4.79 Å². The van der Waals surface area contributed by atoms with Crippen molar-refractivity contribution in [1.29, 1.82) is 0 Å². The number of hydrogen-bond acceptors (Lipinski definition) is 3. The van der Waals surface area contributed by atoms with Crippen LogP contribution in [0.4, 0.5) is 0 Å². The SMILES string of the molecule is O=C1C(c2ccccc2)=C(c2ccc(Oc3ccc(C#Cc4ccccc4)cc3)cc2)C(c2ccc(Oc3ccc(C#Cc4ccccc4)cc3)cc2)=C1c1ccc(C#Cc2ccccc2)cc1. The highest BCUT2D eigenvalue weighted by atomic mass is 16.5. The van der Waals surface area contributed by atoms with E-state index in [1.54, 1.807) is 0 Å². The van der Waals surface area contributed by atoms with Crippen LogP contribution in [0.5, 0.6) is 23.0 Å². The molecule has 0 N–H and O–H groups in total. The molecule has 0 radical (unpaired) electrons. The van der Waals surface area contributed by atoms with Gasteiger partial charge in [-0.1, -0.05) is 157 Å². The Hall–Kier alpha value is -9.59. The Morgan fingerprint density at radius 3 is 0.765 bits per heavy atom. The average molecular weight is 869 g/mol. The van der Waals surface area contributed by atoms with Crippen molar-refractivity contribution in [1.82, 2.24) is 0 Å². The molecule has 0 spiro atoms. The maximum atomic E-state index is 15.2. The number of allylic oxidation sites excluding steroid dienone is 4. The molecular formula is C65H40O3. The van der Waals surface area contributed by atoms with Crippen LogP contribution in [0.15, 0.2) is 243 Å². The largest absolute Gasteiger partial charge is 0.457 e. The molecular weight excluding hydrogens is 829 g/mol. The monoisotopic (exact) mass is 868 g/mol. The van der Waals surface area contributed by atoms with Gasteiger partial charge in [0.15, 0.2) is 5.78 Å². The molecule has 3 nitrogen and oxygen atoms in total. The summed E-state index contributed by atoms with van der Waals surface area (Å²) in [6, 6.07) is 79.0. The summed E-state index contributed by atoms with van der Waals surface area (Å²) in [6.07, 6.45) is 0. The van der Waals surface area contributed by atoms with Gasteiger partial charge >= 0.3 is 0 Å². The van der Waals surface area contributed by atoms with Gasteiger partial charge in [0.05, 0.1) is 0 Å². The molecule has 318 valence electrons. The maximum absolute atomic E-state index is 15.2. The van der Waals surface area contributed by atoms with Gasteiger partial charge in [0.25, 0.3) is 0 Å². The summed E-state index contributed by atoms with van der Waals surface area (Å²) in [5.41, 5.74) is 11.8. The first-order valence-corrected chi connectivity index (χ1v) is 22.3. The highest BCUT2D eigenvalue weighted by Crippen LogP contribution is 2.50. The topological polar surface area (TPSA) is 35.5 Å². The van der Waals surface area contributed by atoms with Crippen molar-refractivity contribution in [2.75, 3.05) is 0 Å². The number of benzene rings is 9. The zero-order chi connectivity index (χ0) is 45.9. The summed E-state index contributed by atoms with van der Waals surface area (Å²) in [6.45, 7) is 0. The van der Waals surface area contributed by atoms with E-state index in [4.69, 9.17) is 9.47 Å². The van der Waals surface area contributed by atoms with Crippen molar-refractivity contribution in [2.45, 2.75) is 0 Å². The lowest BCUT2D eigenvalue weighted by atomic mass is 9.89. The molecule has 1 aliphatic carbocycles. The van der Waals surface area contributed by atoms with Gasteiger partial charge < -0.3 is 9.47 Å². The van der Waals surface area contributed by atoms with E-state index in [1.807, 2.05) is 243 Å². The van der Waals surface area contributed by atoms with Crippen molar-refractivity contribution in [3.8, 4) is 58.5 Å². The number of Topliss-reactive ketones (excluding diaryl/α,β-unsaturated/α-hetero) is 1. The number of hydrogen-bond donors (Lipinski definition) is 0. The third-order valence-corrected chi connectivity index (χ3v) is 11.3. The molecule has 0 aliphatic heterocycles. The second-order valence-corrected chi connectivity index (χ2v) is 15.9. The minimum absolute atomic E-state index is 0.0594. The fourth-order valence-corrected chi connectivity index (χ4v) is 7.92. The Balaban J connectivity index is 0.990. The molecule has 68 heavy (non-hydrogen) atoms. The van der Waals surface area contributed by atoms with E-state index in [2.05, 4.69) is 35.5 Å². The third-order valence-electron chi connectivity index (χ3n) is 11.3. The van der Waals surface area contributed by atoms with Crippen molar-refractivity contribution < 1.29 is 14.3 Å². The lowest BCUT2D eigenvalue weighted by Crippen LogP contribution is -2.02. The van der Waals surface area contributed by atoms with Crippen LogP contribution in [0.2, 0.25) is 0 Å². The fourth-order valence-electron chi connectivity index (χ4n) is 7.92. The van der Waals surface area contributed by atoms with E-state index in [9.17, 15) is 0 Å². The Kier molecular flexibility index (Phi) is 12.5. The average Bonchev–Trinajstić information content (AvgIpc) is 3.71. The minimum atomic E-state index is -0.0594. The smallest absolute Gasteiger partial charge is 0.195 e. The lowest BCUT2D eigenvalue weighted by molar-refractivity contribution is -0.108. The van der Waals surface area contributed by atoms with Crippen molar-refractivity contribution in [3.63, 3.8) is 0 Å². The number of carbonyl (C=O) groups excluding carboxylic acids is 1. The summed E-state index contributed by atoms with van der Waals surface area (Å²) in [4.78, 5) is 15.2. The molecule has 3 heteroatoms. The van der Waals surface area contributed by atoms with E-state index in [0.717, 1.165) is 66.8 Å². The zero-order valence-electron chi connectivity index (χ0n) is 36.8. The van der Waals surface area contributed by atoms with Crippen LogP contribution >= 0.6 is 0 Å². The molecule has 0 heterocycles. The molecule has 0 fully saturated rings. The van der Waals surface area contributed by atoms with Crippen molar-refractivity contribution in [3.05, 3.63) is 298 Å². The summed E-state index contributed by atoms with van der Waals surface area (Å²) < 4.78 is 12.7. The van der Waals surface area contributed by atoms with Gasteiger partial charge in [0, 0.05) is 55.7 Å². The summed E-state index contributed by atoms with van der Waals surface area (Å²) in [5.74, 6) is 22.0. The van der Waals surface area contributed by atoms with Gasteiger partial charge in [0.1, 0.15) is 23.0 Å². The van der Waals surface area contributed by atoms with Crippen LogP contribution in [-0.2, 0) is 4.79 Å². The Bertz CT molecular complexity index is 3480. The molecule has 0 bridgehead atoms. The van der Waals surface area contributed by atoms with E-state index in [0.29, 0.717) is 34.1 Å². The van der Waals surface area contributed by atoms with Crippen molar-refractivity contribution in [2.24, 2.45) is 0 Å². The molecule has 0 amide bonds. The maximum Gasteiger partial charge on any atom is 0.195 e. The van der Waals surface area contributed by atoms with Gasteiger partial charge in [-0.15, -0.1) is 0 Å². The summed E-state index contributed by atoms with van der Waals surface area (Å²) >= 11 is 0. The second kappa shape index (κ2) is 20.1. The van der Waals surface area contributed by atoms with E-state index in [-0.39, 0.29) is 5.78 Å². The Labute approximate surface area is 397 Å². The summed E-state index contributed by atoms with van der Waals surface area (Å²) in [5, 5.41) is 0. The number of ether oxygens (including phenoxy) is 2. The van der Waals surface area contributed by atoms with Gasteiger partial charge in [-0.05, 0) is 144 Å². The molecule has 0 unspecified atom stereocenters. The third kappa shape index (κ3) is 10.0. The number of rotatable bonds is 8. The van der Waals surface area contributed by atoms with Crippen LogP contribution < -0.4 is 9.47 Å². The van der Waals surface area contributed by atoms with Gasteiger partial charge in [-0.2, -0.15) is 0 Å². The molecule has 0 saturated heterocycles.